The Morgan fingerprint density at radius 3 is 3.00 bits per heavy atom. The van der Waals surface area contributed by atoms with Gasteiger partial charge in [-0.3, -0.25) is 0 Å². The third-order valence-corrected chi connectivity index (χ3v) is 3.80. The molecule has 2 unspecified atom stereocenters. The minimum absolute atomic E-state index is 0.259. The van der Waals surface area contributed by atoms with Crippen molar-refractivity contribution in [3.63, 3.8) is 0 Å². The molecular formula is C16H23FN2O3. The summed E-state index contributed by atoms with van der Waals surface area (Å²) in [5.74, 6) is 0.199. The van der Waals surface area contributed by atoms with Crippen LogP contribution in [0, 0.1) is 11.7 Å². The number of halogens is 1. The van der Waals surface area contributed by atoms with Crippen molar-refractivity contribution in [2.24, 2.45) is 5.92 Å². The quantitative estimate of drug-likeness (QED) is 0.783. The van der Waals surface area contributed by atoms with E-state index in [0.717, 1.165) is 25.7 Å². The van der Waals surface area contributed by atoms with Gasteiger partial charge in [0.2, 0.25) is 0 Å². The first-order valence-electron chi connectivity index (χ1n) is 7.73. The minimum Gasteiger partial charge on any atom is -0.492 e. The molecule has 1 aromatic rings. The molecular weight excluding hydrogens is 287 g/mol. The van der Waals surface area contributed by atoms with E-state index in [4.69, 9.17) is 4.74 Å². The maximum Gasteiger partial charge on any atom is 0.319 e. The standard InChI is InChI=1S/C16H23FN2O3/c1-2-22-15-9-12(17)6-7-14(15)19-16(21)18-10-11-4-3-5-13(20)8-11/h6-7,9,11,13,20H,2-5,8,10H2,1H3,(H2,18,19,21). The lowest BCUT2D eigenvalue weighted by molar-refractivity contribution is 0.101. The number of aliphatic hydroxyl groups excluding tert-OH is 1. The number of nitrogens with one attached hydrogen (secondary N) is 2. The molecule has 0 aromatic heterocycles. The van der Waals surface area contributed by atoms with E-state index in [1.165, 1.54) is 18.2 Å². The molecule has 0 spiro atoms. The third-order valence-electron chi connectivity index (χ3n) is 3.80. The Balaban J connectivity index is 1.86. The second-order valence-electron chi connectivity index (χ2n) is 5.59. The number of carbonyl (C=O) groups is 1. The predicted molar refractivity (Wildman–Crippen MR) is 82.6 cm³/mol. The number of amides is 2. The molecule has 1 fully saturated rings. The fraction of sp³-hybridized carbons (Fsp3) is 0.562. The molecule has 1 aromatic carbocycles. The van der Waals surface area contributed by atoms with Gasteiger partial charge in [0, 0.05) is 12.6 Å². The number of hydrogen-bond donors (Lipinski definition) is 3. The van der Waals surface area contributed by atoms with Crippen LogP contribution in [0.5, 0.6) is 5.75 Å². The van der Waals surface area contributed by atoms with Gasteiger partial charge >= 0.3 is 6.03 Å². The van der Waals surface area contributed by atoms with Crippen LogP contribution in [0.2, 0.25) is 0 Å². The van der Waals surface area contributed by atoms with Crippen molar-refractivity contribution in [1.82, 2.24) is 5.32 Å². The Kier molecular flexibility index (Phi) is 6.00. The predicted octanol–water partition coefficient (Wildman–Crippen LogP) is 2.90. The van der Waals surface area contributed by atoms with Gasteiger partial charge in [0.05, 0.1) is 18.4 Å². The van der Waals surface area contributed by atoms with Crippen LogP contribution in [-0.4, -0.2) is 30.4 Å². The summed E-state index contributed by atoms with van der Waals surface area (Å²) in [5, 5.41) is 15.1. The Labute approximate surface area is 129 Å². The highest BCUT2D eigenvalue weighted by molar-refractivity contribution is 5.90. The van der Waals surface area contributed by atoms with E-state index in [1.54, 1.807) is 6.92 Å². The zero-order valence-electron chi connectivity index (χ0n) is 12.8. The van der Waals surface area contributed by atoms with E-state index in [9.17, 15) is 14.3 Å². The SMILES string of the molecule is CCOc1cc(F)ccc1NC(=O)NCC1CCCC(O)C1. The molecule has 5 nitrogen and oxygen atoms in total. The number of rotatable bonds is 5. The molecule has 1 aliphatic rings. The number of ether oxygens (including phenoxy) is 1. The van der Waals surface area contributed by atoms with Gasteiger partial charge in [-0.1, -0.05) is 6.42 Å². The van der Waals surface area contributed by atoms with E-state index in [-0.39, 0.29) is 12.1 Å². The van der Waals surface area contributed by atoms with Crippen molar-refractivity contribution < 1.29 is 19.0 Å². The van der Waals surface area contributed by atoms with E-state index in [0.29, 0.717) is 30.5 Å². The van der Waals surface area contributed by atoms with Gasteiger partial charge in [-0.25, -0.2) is 9.18 Å². The zero-order valence-corrected chi connectivity index (χ0v) is 12.8. The molecule has 0 aliphatic heterocycles. The average Bonchev–Trinajstić information content (AvgIpc) is 2.48. The van der Waals surface area contributed by atoms with Crippen LogP contribution in [0.15, 0.2) is 18.2 Å². The van der Waals surface area contributed by atoms with Crippen LogP contribution in [-0.2, 0) is 0 Å². The lowest BCUT2D eigenvalue weighted by atomic mass is 9.87. The van der Waals surface area contributed by atoms with Gasteiger partial charge in [-0.2, -0.15) is 0 Å². The average molecular weight is 310 g/mol. The number of carbonyl (C=O) groups excluding carboxylic acids is 1. The molecule has 122 valence electrons. The summed E-state index contributed by atoms with van der Waals surface area (Å²) in [6, 6.07) is 3.64. The molecule has 3 N–H and O–H groups in total. The molecule has 1 saturated carbocycles. The van der Waals surface area contributed by atoms with Gasteiger partial charge < -0.3 is 20.5 Å². The molecule has 2 atom stereocenters. The van der Waals surface area contributed by atoms with Crippen molar-refractivity contribution in [2.45, 2.75) is 38.7 Å². The summed E-state index contributed by atoms with van der Waals surface area (Å²) >= 11 is 0. The summed E-state index contributed by atoms with van der Waals surface area (Å²) in [7, 11) is 0. The van der Waals surface area contributed by atoms with Crippen LogP contribution in [0.1, 0.15) is 32.6 Å². The highest BCUT2D eigenvalue weighted by Crippen LogP contribution is 2.26. The molecule has 1 aliphatic carbocycles. The van der Waals surface area contributed by atoms with E-state index in [2.05, 4.69) is 10.6 Å². The van der Waals surface area contributed by atoms with Gasteiger partial charge in [-0.05, 0) is 44.2 Å². The number of aliphatic hydroxyl groups is 1. The molecule has 22 heavy (non-hydrogen) atoms. The fourth-order valence-electron chi connectivity index (χ4n) is 2.73. The molecule has 2 amide bonds. The molecule has 2 rings (SSSR count). The van der Waals surface area contributed by atoms with Crippen molar-refractivity contribution in [1.29, 1.82) is 0 Å². The maximum atomic E-state index is 13.2. The van der Waals surface area contributed by atoms with Crippen molar-refractivity contribution in [3.05, 3.63) is 24.0 Å². The summed E-state index contributed by atoms with van der Waals surface area (Å²) in [5.41, 5.74) is 0.435. The maximum absolute atomic E-state index is 13.2. The third kappa shape index (κ3) is 4.87. The normalized spacial score (nSPS) is 21.2. The second-order valence-corrected chi connectivity index (χ2v) is 5.59. The van der Waals surface area contributed by atoms with Gasteiger partial charge in [0.25, 0.3) is 0 Å². The van der Waals surface area contributed by atoms with Crippen LogP contribution in [0.25, 0.3) is 0 Å². The Hall–Kier alpha value is -1.82. The number of urea groups is 1. The Bertz CT molecular complexity index is 510. The second kappa shape index (κ2) is 7.98. The van der Waals surface area contributed by atoms with Crippen LogP contribution < -0.4 is 15.4 Å². The first kappa shape index (κ1) is 16.5. The van der Waals surface area contributed by atoms with Crippen LogP contribution in [0.4, 0.5) is 14.9 Å². The number of anilines is 1. The molecule has 0 bridgehead atoms. The summed E-state index contributed by atoms with van der Waals surface area (Å²) in [4.78, 5) is 11.9. The van der Waals surface area contributed by atoms with Crippen LogP contribution >= 0.6 is 0 Å². The van der Waals surface area contributed by atoms with Crippen LogP contribution in [0.3, 0.4) is 0 Å². The lowest BCUT2D eigenvalue weighted by Gasteiger charge is -2.26. The Morgan fingerprint density at radius 1 is 1.45 bits per heavy atom. The molecule has 6 heteroatoms. The molecule has 0 radical (unpaired) electrons. The highest BCUT2D eigenvalue weighted by Gasteiger charge is 2.20. The van der Waals surface area contributed by atoms with Gasteiger partial charge in [-0.15, -0.1) is 0 Å². The van der Waals surface area contributed by atoms with E-state index >= 15 is 0 Å². The van der Waals surface area contributed by atoms with Gasteiger partial charge in [0.15, 0.2) is 0 Å². The summed E-state index contributed by atoms with van der Waals surface area (Å²) in [6.07, 6.45) is 3.31. The first-order valence-corrected chi connectivity index (χ1v) is 7.73. The summed E-state index contributed by atoms with van der Waals surface area (Å²) in [6.45, 7) is 2.71. The monoisotopic (exact) mass is 310 g/mol. The zero-order chi connectivity index (χ0) is 15.9. The number of benzene rings is 1. The fourth-order valence-corrected chi connectivity index (χ4v) is 2.73. The first-order chi connectivity index (χ1) is 10.6. The van der Waals surface area contributed by atoms with Crippen molar-refractivity contribution in [2.75, 3.05) is 18.5 Å². The smallest absolute Gasteiger partial charge is 0.319 e. The number of hydrogen-bond acceptors (Lipinski definition) is 3. The molecule has 0 saturated heterocycles. The lowest BCUT2D eigenvalue weighted by Crippen LogP contribution is -2.35. The minimum atomic E-state index is -0.411. The summed E-state index contributed by atoms with van der Waals surface area (Å²) < 4.78 is 18.5. The molecule has 0 heterocycles. The van der Waals surface area contributed by atoms with E-state index < -0.39 is 5.82 Å². The van der Waals surface area contributed by atoms with Gasteiger partial charge in [0.1, 0.15) is 11.6 Å². The largest absolute Gasteiger partial charge is 0.492 e. The Morgan fingerprint density at radius 2 is 2.27 bits per heavy atom. The van der Waals surface area contributed by atoms with Crippen molar-refractivity contribution >= 4 is 11.7 Å². The highest BCUT2D eigenvalue weighted by atomic mass is 19.1. The van der Waals surface area contributed by atoms with E-state index in [1.807, 2.05) is 0 Å². The van der Waals surface area contributed by atoms with Crippen molar-refractivity contribution in [3.8, 4) is 5.75 Å². The topological polar surface area (TPSA) is 70.6 Å².